The van der Waals surface area contributed by atoms with E-state index < -0.39 is 10.0 Å². The predicted molar refractivity (Wildman–Crippen MR) is 76.5 cm³/mol. The van der Waals surface area contributed by atoms with Gasteiger partial charge in [-0.1, -0.05) is 23.7 Å². The fraction of sp³-hybridized carbons (Fsp3) is 0.0769. The summed E-state index contributed by atoms with van der Waals surface area (Å²) in [5.74, 6) is -0.207. The summed E-state index contributed by atoms with van der Waals surface area (Å²) in [6.45, 7) is 1.37. The lowest BCUT2D eigenvalue weighted by atomic mass is 10.2. The number of rotatable bonds is 4. The lowest BCUT2D eigenvalue weighted by Gasteiger charge is -2.09. The number of ketones is 1. The van der Waals surface area contributed by atoms with Crippen LogP contribution in [-0.4, -0.2) is 19.2 Å². The Labute approximate surface area is 121 Å². The second-order valence-corrected chi connectivity index (χ2v) is 6.07. The van der Waals surface area contributed by atoms with Gasteiger partial charge in [0.05, 0.1) is 10.6 Å². The topological polar surface area (TPSA) is 76.1 Å². The van der Waals surface area contributed by atoms with E-state index in [0.29, 0.717) is 5.56 Å². The van der Waals surface area contributed by atoms with E-state index in [1.54, 1.807) is 12.1 Å². The van der Waals surface area contributed by atoms with Gasteiger partial charge in [0.1, 0.15) is 0 Å². The molecule has 0 saturated carbocycles. The van der Waals surface area contributed by atoms with E-state index in [0.717, 1.165) is 0 Å². The molecule has 1 N–H and O–H groups in total. The van der Waals surface area contributed by atoms with Crippen molar-refractivity contribution < 1.29 is 13.2 Å². The monoisotopic (exact) mass is 310 g/mol. The Hall–Kier alpha value is -1.92. The molecule has 0 spiro atoms. The van der Waals surface area contributed by atoms with Crippen LogP contribution in [0.15, 0.2) is 47.5 Å². The van der Waals surface area contributed by atoms with Gasteiger partial charge in [-0.05, 0) is 31.2 Å². The number of halogens is 1. The number of hydrogen-bond acceptors (Lipinski definition) is 4. The van der Waals surface area contributed by atoms with Crippen LogP contribution in [0.25, 0.3) is 0 Å². The third kappa shape index (κ3) is 3.15. The van der Waals surface area contributed by atoms with Crippen LogP contribution in [0.3, 0.4) is 0 Å². The van der Waals surface area contributed by atoms with Crippen molar-refractivity contribution in [3.05, 3.63) is 53.3 Å². The van der Waals surface area contributed by atoms with Gasteiger partial charge < -0.3 is 0 Å². The molecule has 0 unspecified atom stereocenters. The van der Waals surface area contributed by atoms with Gasteiger partial charge in [0, 0.05) is 11.8 Å². The molecular formula is C13H11ClN2O3S. The van der Waals surface area contributed by atoms with E-state index in [9.17, 15) is 13.2 Å². The third-order valence-electron chi connectivity index (χ3n) is 2.55. The minimum Gasteiger partial charge on any atom is -0.295 e. The zero-order chi connectivity index (χ0) is 14.8. The Kier molecular flexibility index (Phi) is 4.06. The van der Waals surface area contributed by atoms with Crippen LogP contribution in [0.1, 0.15) is 17.3 Å². The first-order chi connectivity index (χ1) is 9.40. The third-order valence-corrected chi connectivity index (χ3v) is 4.22. The molecule has 0 bridgehead atoms. The smallest absolute Gasteiger partial charge is 0.262 e. The minimum absolute atomic E-state index is 0.00915. The number of pyridine rings is 1. The molecule has 0 aliphatic rings. The predicted octanol–water partition coefficient (Wildman–Crippen LogP) is 2.74. The van der Waals surface area contributed by atoms with Crippen LogP contribution in [0.2, 0.25) is 5.15 Å². The molecule has 0 atom stereocenters. The molecule has 1 aromatic heterocycles. The van der Waals surface area contributed by atoms with Crippen LogP contribution in [0.4, 0.5) is 5.69 Å². The minimum atomic E-state index is -3.82. The number of benzene rings is 1. The van der Waals surface area contributed by atoms with Gasteiger partial charge in [0.15, 0.2) is 10.9 Å². The van der Waals surface area contributed by atoms with E-state index in [1.165, 1.54) is 37.4 Å². The molecule has 7 heteroatoms. The number of nitrogens with one attached hydrogen (secondary N) is 1. The molecule has 0 aliphatic carbocycles. The van der Waals surface area contributed by atoms with Gasteiger partial charge in [-0.3, -0.25) is 9.52 Å². The Morgan fingerprint density at radius 3 is 2.65 bits per heavy atom. The van der Waals surface area contributed by atoms with Gasteiger partial charge in [-0.2, -0.15) is 0 Å². The van der Waals surface area contributed by atoms with Crippen molar-refractivity contribution in [3.8, 4) is 0 Å². The van der Waals surface area contributed by atoms with Crippen molar-refractivity contribution in [1.29, 1.82) is 0 Å². The Balaban J connectivity index is 2.38. The van der Waals surface area contributed by atoms with Crippen LogP contribution < -0.4 is 4.72 Å². The largest absolute Gasteiger partial charge is 0.295 e. The summed E-state index contributed by atoms with van der Waals surface area (Å²) in [6, 6.07) is 8.85. The highest BCUT2D eigenvalue weighted by molar-refractivity contribution is 7.92. The molecule has 0 amide bonds. The summed E-state index contributed by atoms with van der Waals surface area (Å²) < 4.78 is 26.8. The lowest BCUT2D eigenvalue weighted by molar-refractivity contribution is 0.101. The van der Waals surface area contributed by atoms with Gasteiger partial charge in [-0.25, -0.2) is 13.4 Å². The molecule has 2 rings (SSSR count). The molecule has 20 heavy (non-hydrogen) atoms. The van der Waals surface area contributed by atoms with Crippen molar-refractivity contribution in [2.45, 2.75) is 11.8 Å². The molecule has 0 saturated heterocycles. The molecular weight excluding hydrogens is 300 g/mol. The summed E-state index contributed by atoms with van der Waals surface area (Å²) in [4.78, 5) is 15.1. The average Bonchev–Trinajstić information content (AvgIpc) is 2.41. The van der Waals surface area contributed by atoms with E-state index in [2.05, 4.69) is 9.71 Å². The second-order valence-electron chi connectivity index (χ2n) is 4.03. The van der Waals surface area contributed by atoms with Crippen molar-refractivity contribution >= 4 is 33.1 Å². The molecule has 5 nitrogen and oxygen atoms in total. The average molecular weight is 311 g/mol. The van der Waals surface area contributed by atoms with Gasteiger partial charge in [0.25, 0.3) is 10.0 Å². The number of nitrogens with zero attached hydrogens (tertiary/aromatic N) is 1. The first kappa shape index (κ1) is 14.5. The molecule has 104 valence electrons. The van der Waals surface area contributed by atoms with Crippen LogP contribution in [0.5, 0.6) is 0 Å². The SMILES string of the molecule is CC(=O)c1cccc(S(=O)(=O)Nc2cccnc2Cl)c1. The standard InChI is InChI=1S/C13H11ClN2O3S/c1-9(17)10-4-2-5-11(8-10)20(18,19)16-12-6-3-7-15-13(12)14/h2-8,16H,1H3. The van der Waals surface area contributed by atoms with Crippen LogP contribution in [-0.2, 0) is 10.0 Å². The quantitative estimate of drug-likeness (QED) is 0.696. The number of carbonyl (C=O) groups is 1. The van der Waals surface area contributed by atoms with Gasteiger partial charge >= 0.3 is 0 Å². The fourth-order valence-electron chi connectivity index (χ4n) is 1.55. The van der Waals surface area contributed by atoms with E-state index >= 15 is 0 Å². The fourth-order valence-corrected chi connectivity index (χ4v) is 2.88. The van der Waals surface area contributed by atoms with E-state index in [-0.39, 0.29) is 21.5 Å². The number of Topliss-reactive ketones (excluding diaryl/α,β-unsaturated/α-hetero) is 1. The summed E-state index contributed by atoms with van der Waals surface area (Å²) in [6.07, 6.45) is 1.45. The first-order valence-corrected chi connectivity index (χ1v) is 7.50. The maximum absolute atomic E-state index is 12.2. The maximum atomic E-state index is 12.2. The van der Waals surface area contributed by atoms with Crippen molar-refractivity contribution in [3.63, 3.8) is 0 Å². The van der Waals surface area contributed by atoms with Gasteiger partial charge in [0.2, 0.25) is 0 Å². The first-order valence-electron chi connectivity index (χ1n) is 5.64. The Morgan fingerprint density at radius 2 is 2.00 bits per heavy atom. The molecule has 1 aromatic carbocycles. The van der Waals surface area contributed by atoms with E-state index in [4.69, 9.17) is 11.6 Å². The normalized spacial score (nSPS) is 11.1. The molecule has 0 fully saturated rings. The lowest BCUT2D eigenvalue weighted by Crippen LogP contribution is -2.14. The highest BCUT2D eigenvalue weighted by Gasteiger charge is 2.17. The molecule has 0 radical (unpaired) electrons. The number of anilines is 1. The second kappa shape index (κ2) is 5.60. The van der Waals surface area contributed by atoms with Crippen molar-refractivity contribution in [1.82, 2.24) is 4.98 Å². The Morgan fingerprint density at radius 1 is 1.25 bits per heavy atom. The summed E-state index contributed by atoms with van der Waals surface area (Å²) in [7, 11) is -3.82. The molecule has 0 aliphatic heterocycles. The summed E-state index contributed by atoms with van der Waals surface area (Å²) >= 11 is 5.81. The van der Waals surface area contributed by atoms with E-state index in [1.807, 2.05) is 0 Å². The van der Waals surface area contributed by atoms with Crippen molar-refractivity contribution in [2.24, 2.45) is 0 Å². The summed E-state index contributed by atoms with van der Waals surface area (Å²) in [5.41, 5.74) is 0.507. The highest BCUT2D eigenvalue weighted by Crippen LogP contribution is 2.22. The number of carbonyl (C=O) groups excluding carboxylic acids is 1. The van der Waals surface area contributed by atoms with Crippen molar-refractivity contribution in [2.75, 3.05) is 4.72 Å². The Bertz CT molecular complexity index is 760. The van der Waals surface area contributed by atoms with Crippen LogP contribution >= 0.6 is 11.6 Å². The number of sulfonamides is 1. The van der Waals surface area contributed by atoms with Crippen LogP contribution in [0, 0.1) is 0 Å². The molecule has 1 heterocycles. The maximum Gasteiger partial charge on any atom is 0.262 e. The number of aromatic nitrogens is 1. The zero-order valence-electron chi connectivity index (χ0n) is 10.5. The molecule has 2 aromatic rings. The zero-order valence-corrected chi connectivity index (χ0v) is 12.1. The van der Waals surface area contributed by atoms with Gasteiger partial charge in [-0.15, -0.1) is 0 Å². The summed E-state index contributed by atoms with van der Waals surface area (Å²) in [5, 5.41) is 0.0544. The number of hydrogen-bond donors (Lipinski definition) is 1. The highest BCUT2D eigenvalue weighted by atomic mass is 35.5.